The summed E-state index contributed by atoms with van der Waals surface area (Å²) in [4.78, 5) is 14.4. The second-order valence-electron chi connectivity index (χ2n) is 6.16. The average Bonchev–Trinajstić information content (AvgIpc) is 3.01. The minimum Gasteiger partial charge on any atom is -0.494 e. The molecule has 1 atom stereocenters. The second kappa shape index (κ2) is 8.18. The van der Waals surface area contributed by atoms with Crippen LogP contribution in [0.5, 0.6) is 5.75 Å². The third-order valence-electron chi connectivity index (χ3n) is 4.41. The quantitative estimate of drug-likeness (QED) is 0.842. The Morgan fingerprint density at radius 1 is 1.32 bits per heavy atom. The van der Waals surface area contributed by atoms with Crippen molar-refractivity contribution in [3.05, 3.63) is 29.8 Å². The fourth-order valence-corrected chi connectivity index (χ4v) is 2.87. The molecule has 1 N–H and O–H groups in total. The number of rotatable bonds is 7. The van der Waals surface area contributed by atoms with Crippen molar-refractivity contribution < 1.29 is 9.53 Å². The first-order valence-electron chi connectivity index (χ1n) is 8.32. The van der Waals surface area contributed by atoms with Crippen LogP contribution < -0.4 is 10.1 Å². The lowest BCUT2D eigenvalue weighted by Crippen LogP contribution is -2.46. The molecule has 1 fully saturated rings. The van der Waals surface area contributed by atoms with Gasteiger partial charge in [-0.1, -0.05) is 25.0 Å². The highest BCUT2D eigenvalue weighted by molar-refractivity contribution is 5.81. The topological polar surface area (TPSA) is 41.6 Å². The van der Waals surface area contributed by atoms with Crippen LogP contribution in [0, 0.1) is 0 Å². The molecule has 4 heteroatoms. The van der Waals surface area contributed by atoms with Gasteiger partial charge in [0.2, 0.25) is 5.91 Å². The molecule has 1 aromatic carbocycles. The van der Waals surface area contributed by atoms with Gasteiger partial charge in [0.15, 0.2) is 0 Å². The van der Waals surface area contributed by atoms with E-state index in [-0.39, 0.29) is 11.9 Å². The standard InChI is InChI=1S/C18H28N2O2/c1-4-22-17-11-9-15(10-12-17)13-20(3)14(2)18(21)19-16-7-5-6-8-16/h9-12,14,16H,4-8,13H2,1-3H3,(H,19,21). The molecular formula is C18H28N2O2. The van der Waals surface area contributed by atoms with Gasteiger partial charge in [0.1, 0.15) is 5.75 Å². The van der Waals surface area contributed by atoms with Gasteiger partial charge in [-0.2, -0.15) is 0 Å². The van der Waals surface area contributed by atoms with Crippen LogP contribution in [0.2, 0.25) is 0 Å². The number of nitrogens with zero attached hydrogens (tertiary/aromatic N) is 1. The molecule has 0 saturated heterocycles. The van der Waals surface area contributed by atoms with Gasteiger partial charge in [0, 0.05) is 12.6 Å². The van der Waals surface area contributed by atoms with E-state index < -0.39 is 0 Å². The highest BCUT2D eigenvalue weighted by Gasteiger charge is 2.23. The number of benzene rings is 1. The smallest absolute Gasteiger partial charge is 0.237 e. The highest BCUT2D eigenvalue weighted by atomic mass is 16.5. The lowest BCUT2D eigenvalue weighted by molar-refractivity contribution is -0.126. The zero-order valence-corrected chi connectivity index (χ0v) is 14.0. The molecule has 1 aliphatic carbocycles. The number of hydrogen-bond donors (Lipinski definition) is 1. The molecule has 0 radical (unpaired) electrons. The van der Waals surface area contributed by atoms with Crippen molar-refractivity contribution in [3.8, 4) is 5.75 Å². The molecule has 0 heterocycles. The third kappa shape index (κ3) is 4.73. The van der Waals surface area contributed by atoms with Crippen LogP contribution in [-0.4, -0.2) is 36.5 Å². The van der Waals surface area contributed by atoms with Gasteiger partial charge >= 0.3 is 0 Å². The molecule has 1 amide bonds. The number of carbonyl (C=O) groups excluding carboxylic acids is 1. The predicted octanol–water partition coefficient (Wildman–Crippen LogP) is 2.96. The van der Waals surface area contributed by atoms with Crippen molar-refractivity contribution in [1.29, 1.82) is 0 Å². The van der Waals surface area contributed by atoms with Gasteiger partial charge in [-0.3, -0.25) is 9.69 Å². The summed E-state index contributed by atoms with van der Waals surface area (Å²) in [5.74, 6) is 1.03. The lowest BCUT2D eigenvalue weighted by Gasteiger charge is -2.25. The average molecular weight is 304 g/mol. The SMILES string of the molecule is CCOc1ccc(CN(C)C(C)C(=O)NC2CCCC2)cc1. The fraction of sp³-hybridized carbons (Fsp3) is 0.611. The molecule has 0 bridgehead atoms. The zero-order chi connectivity index (χ0) is 15.9. The minimum atomic E-state index is -0.118. The normalized spacial score (nSPS) is 16.7. The molecule has 1 aromatic rings. The van der Waals surface area contributed by atoms with Crippen molar-refractivity contribution in [2.45, 2.75) is 58.2 Å². The summed E-state index contributed by atoms with van der Waals surface area (Å²) in [6.07, 6.45) is 4.73. The van der Waals surface area contributed by atoms with Crippen LogP contribution in [-0.2, 0) is 11.3 Å². The van der Waals surface area contributed by atoms with Crippen LogP contribution in [0.15, 0.2) is 24.3 Å². The van der Waals surface area contributed by atoms with E-state index in [2.05, 4.69) is 22.3 Å². The van der Waals surface area contributed by atoms with Crippen molar-refractivity contribution in [2.75, 3.05) is 13.7 Å². The van der Waals surface area contributed by atoms with Crippen LogP contribution in [0.25, 0.3) is 0 Å². The van der Waals surface area contributed by atoms with Crippen LogP contribution >= 0.6 is 0 Å². The van der Waals surface area contributed by atoms with Crippen LogP contribution in [0.4, 0.5) is 0 Å². The first-order valence-corrected chi connectivity index (χ1v) is 8.32. The maximum atomic E-state index is 12.3. The summed E-state index contributed by atoms with van der Waals surface area (Å²) in [5.41, 5.74) is 1.19. The van der Waals surface area contributed by atoms with E-state index in [0.29, 0.717) is 12.6 Å². The Kier molecular flexibility index (Phi) is 6.25. The Balaban J connectivity index is 1.84. The number of nitrogens with one attached hydrogen (secondary N) is 1. The van der Waals surface area contributed by atoms with Crippen molar-refractivity contribution >= 4 is 5.91 Å². The monoisotopic (exact) mass is 304 g/mol. The molecular weight excluding hydrogens is 276 g/mol. The van der Waals surface area contributed by atoms with E-state index in [4.69, 9.17) is 4.74 Å². The molecule has 2 rings (SSSR count). The highest BCUT2D eigenvalue weighted by Crippen LogP contribution is 2.18. The Labute approximate surface area is 133 Å². The summed E-state index contributed by atoms with van der Waals surface area (Å²) in [6, 6.07) is 8.35. The summed E-state index contributed by atoms with van der Waals surface area (Å²) in [6.45, 7) is 5.38. The van der Waals surface area contributed by atoms with Gasteiger partial charge in [-0.15, -0.1) is 0 Å². The van der Waals surface area contributed by atoms with Gasteiger partial charge in [-0.25, -0.2) is 0 Å². The number of carbonyl (C=O) groups is 1. The Morgan fingerprint density at radius 3 is 2.55 bits per heavy atom. The van der Waals surface area contributed by atoms with E-state index in [9.17, 15) is 4.79 Å². The maximum Gasteiger partial charge on any atom is 0.237 e. The Bertz CT molecular complexity index is 466. The summed E-state index contributed by atoms with van der Waals surface area (Å²) < 4.78 is 5.45. The Morgan fingerprint density at radius 2 is 1.95 bits per heavy atom. The summed E-state index contributed by atoms with van der Waals surface area (Å²) >= 11 is 0. The molecule has 1 aliphatic rings. The van der Waals surface area contributed by atoms with E-state index in [1.165, 1.54) is 18.4 Å². The molecule has 0 aliphatic heterocycles. The van der Waals surface area contributed by atoms with Crippen LogP contribution in [0.3, 0.4) is 0 Å². The maximum absolute atomic E-state index is 12.3. The molecule has 122 valence electrons. The van der Waals surface area contributed by atoms with Crippen LogP contribution in [0.1, 0.15) is 45.1 Å². The molecule has 1 saturated carbocycles. The van der Waals surface area contributed by atoms with E-state index >= 15 is 0 Å². The number of ether oxygens (including phenoxy) is 1. The molecule has 4 nitrogen and oxygen atoms in total. The molecule has 0 aromatic heterocycles. The summed E-state index contributed by atoms with van der Waals surface area (Å²) in [7, 11) is 2.00. The zero-order valence-electron chi connectivity index (χ0n) is 14.0. The number of likely N-dealkylation sites (N-methyl/N-ethyl adjacent to an activating group) is 1. The van der Waals surface area contributed by atoms with Crippen molar-refractivity contribution in [2.24, 2.45) is 0 Å². The fourth-order valence-electron chi connectivity index (χ4n) is 2.87. The number of amides is 1. The van der Waals surface area contributed by atoms with E-state index in [1.54, 1.807) is 0 Å². The first-order chi connectivity index (χ1) is 10.6. The largest absolute Gasteiger partial charge is 0.494 e. The van der Waals surface area contributed by atoms with Gasteiger partial charge in [0.25, 0.3) is 0 Å². The Hall–Kier alpha value is -1.55. The number of hydrogen-bond acceptors (Lipinski definition) is 3. The minimum absolute atomic E-state index is 0.118. The molecule has 22 heavy (non-hydrogen) atoms. The lowest BCUT2D eigenvalue weighted by atomic mass is 10.1. The van der Waals surface area contributed by atoms with E-state index in [1.807, 2.05) is 33.0 Å². The second-order valence-corrected chi connectivity index (χ2v) is 6.16. The predicted molar refractivity (Wildman–Crippen MR) is 88.9 cm³/mol. The van der Waals surface area contributed by atoms with E-state index in [0.717, 1.165) is 25.1 Å². The van der Waals surface area contributed by atoms with Crippen molar-refractivity contribution in [3.63, 3.8) is 0 Å². The van der Waals surface area contributed by atoms with Gasteiger partial charge < -0.3 is 10.1 Å². The molecule has 1 unspecified atom stereocenters. The third-order valence-corrected chi connectivity index (χ3v) is 4.41. The van der Waals surface area contributed by atoms with Crippen molar-refractivity contribution in [1.82, 2.24) is 10.2 Å². The van der Waals surface area contributed by atoms with Gasteiger partial charge in [-0.05, 0) is 51.4 Å². The summed E-state index contributed by atoms with van der Waals surface area (Å²) in [5, 5.41) is 3.17. The first kappa shape index (κ1) is 16.8. The van der Waals surface area contributed by atoms with Gasteiger partial charge in [0.05, 0.1) is 12.6 Å². The molecule has 0 spiro atoms.